The van der Waals surface area contributed by atoms with E-state index in [1.165, 1.54) is 22.4 Å². The first kappa shape index (κ1) is 16.3. The van der Waals surface area contributed by atoms with E-state index in [1.54, 1.807) is 0 Å². The van der Waals surface area contributed by atoms with E-state index in [2.05, 4.69) is 68.8 Å². The zero-order valence-electron chi connectivity index (χ0n) is 14.2. The van der Waals surface area contributed by atoms with Crippen LogP contribution in [0.15, 0.2) is 30.5 Å². The molecule has 2 rings (SSSR count). The Bertz CT molecular complexity index is 702. The van der Waals surface area contributed by atoms with E-state index in [0.29, 0.717) is 0 Å². The third-order valence-corrected chi connectivity index (χ3v) is 3.80. The second kappa shape index (κ2) is 7.80. The van der Waals surface area contributed by atoms with Gasteiger partial charge in [0.15, 0.2) is 0 Å². The SMILES string of the molecule is CCCc1cc(C#Cc2cc(C)ccc2C)cnc1CCC. The van der Waals surface area contributed by atoms with Crippen LogP contribution in [0.2, 0.25) is 0 Å². The molecule has 22 heavy (non-hydrogen) atoms. The van der Waals surface area contributed by atoms with Crippen LogP contribution in [0.3, 0.4) is 0 Å². The first-order valence-corrected chi connectivity index (χ1v) is 8.21. The van der Waals surface area contributed by atoms with Crippen molar-refractivity contribution in [3.63, 3.8) is 0 Å². The molecule has 1 nitrogen and oxygen atoms in total. The Labute approximate surface area is 134 Å². The molecule has 0 bridgehead atoms. The summed E-state index contributed by atoms with van der Waals surface area (Å²) in [5.74, 6) is 6.59. The molecular formula is C21H25N. The van der Waals surface area contributed by atoms with E-state index in [1.807, 2.05) is 6.20 Å². The molecule has 2 aromatic rings. The van der Waals surface area contributed by atoms with E-state index in [4.69, 9.17) is 0 Å². The second-order valence-electron chi connectivity index (χ2n) is 5.90. The molecule has 114 valence electrons. The molecule has 0 radical (unpaired) electrons. The highest BCUT2D eigenvalue weighted by Gasteiger charge is 2.03. The molecule has 1 aromatic heterocycles. The minimum absolute atomic E-state index is 1.02. The lowest BCUT2D eigenvalue weighted by molar-refractivity contribution is 0.827. The number of rotatable bonds is 4. The molecule has 0 atom stereocenters. The number of benzene rings is 1. The van der Waals surface area contributed by atoms with Crippen LogP contribution in [0.1, 0.15) is 60.2 Å². The van der Waals surface area contributed by atoms with E-state index in [-0.39, 0.29) is 0 Å². The van der Waals surface area contributed by atoms with Crippen LogP contribution in [0.4, 0.5) is 0 Å². The summed E-state index contributed by atoms with van der Waals surface area (Å²) in [5.41, 5.74) is 7.19. The van der Waals surface area contributed by atoms with Crippen LogP contribution in [0.25, 0.3) is 0 Å². The molecule has 1 aromatic carbocycles. The standard InChI is InChI=1S/C21H25N/c1-5-7-20-14-18(15-22-21(20)8-6-2)11-12-19-13-16(3)9-10-17(19)4/h9-10,13-15H,5-8H2,1-4H3. The molecule has 0 aliphatic heterocycles. The van der Waals surface area contributed by atoms with Gasteiger partial charge in [-0.15, -0.1) is 0 Å². The largest absolute Gasteiger partial charge is 0.260 e. The summed E-state index contributed by atoms with van der Waals surface area (Å²) in [7, 11) is 0. The summed E-state index contributed by atoms with van der Waals surface area (Å²) in [6.07, 6.45) is 6.34. The molecule has 0 aliphatic carbocycles. The van der Waals surface area contributed by atoms with Crippen molar-refractivity contribution >= 4 is 0 Å². The zero-order chi connectivity index (χ0) is 15.9. The molecule has 0 fully saturated rings. The molecule has 0 spiro atoms. The van der Waals surface area contributed by atoms with Gasteiger partial charge in [0.1, 0.15) is 0 Å². The Balaban J connectivity index is 2.32. The van der Waals surface area contributed by atoms with Gasteiger partial charge < -0.3 is 0 Å². The Morgan fingerprint density at radius 3 is 2.45 bits per heavy atom. The Morgan fingerprint density at radius 1 is 0.955 bits per heavy atom. The lowest BCUT2D eigenvalue weighted by Gasteiger charge is -2.07. The van der Waals surface area contributed by atoms with Gasteiger partial charge in [0.2, 0.25) is 0 Å². The fourth-order valence-corrected chi connectivity index (χ4v) is 2.56. The molecule has 0 saturated carbocycles. The van der Waals surface area contributed by atoms with Crippen molar-refractivity contribution in [3.05, 3.63) is 64.0 Å². The summed E-state index contributed by atoms with van der Waals surface area (Å²) in [5, 5.41) is 0. The lowest BCUT2D eigenvalue weighted by Crippen LogP contribution is -1.98. The molecule has 1 heterocycles. The molecule has 0 N–H and O–H groups in total. The Hall–Kier alpha value is -2.07. The van der Waals surface area contributed by atoms with Crippen LogP contribution in [-0.4, -0.2) is 4.98 Å². The average molecular weight is 291 g/mol. The van der Waals surface area contributed by atoms with Gasteiger partial charge >= 0.3 is 0 Å². The van der Waals surface area contributed by atoms with Gasteiger partial charge in [-0.2, -0.15) is 0 Å². The normalized spacial score (nSPS) is 10.2. The van der Waals surface area contributed by atoms with Crippen molar-refractivity contribution in [2.45, 2.75) is 53.4 Å². The zero-order valence-corrected chi connectivity index (χ0v) is 14.2. The van der Waals surface area contributed by atoms with Crippen molar-refractivity contribution in [2.75, 3.05) is 0 Å². The maximum atomic E-state index is 4.64. The Kier molecular flexibility index (Phi) is 5.78. The predicted octanol–water partition coefficient (Wildman–Crippen LogP) is 5.00. The van der Waals surface area contributed by atoms with E-state index in [9.17, 15) is 0 Å². The fraction of sp³-hybridized carbons (Fsp3) is 0.381. The monoisotopic (exact) mass is 291 g/mol. The molecule has 0 amide bonds. The minimum Gasteiger partial charge on any atom is -0.260 e. The molecule has 0 saturated heterocycles. The highest BCUT2D eigenvalue weighted by molar-refractivity contribution is 5.47. The number of aryl methyl sites for hydroxylation is 4. The van der Waals surface area contributed by atoms with Crippen LogP contribution in [0, 0.1) is 25.7 Å². The quantitative estimate of drug-likeness (QED) is 0.722. The summed E-state index contributed by atoms with van der Waals surface area (Å²) < 4.78 is 0. The van der Waals surface area contributed by atoms with Crippen molar-refractivity contribution in [1.82, 2.24) is 4.98 Å². The van der Waals surface area contributed by atoms with Gasteiger partial charge in [0.05, 0.1) is 0 Å². The summed E-state index contributed by atoms with van der Waals surface area (Å²) in [6.45, 7) is 8.62. The van der Waals surface area contributed by atoms with Crippen molar-refractivity contribution in [3.8, 4) is 11.8 Å². The maximum absolute atomic E-state index is 4.64. The van der Waals surface area contributed by atoms with Crippen molar-refractivity contribution < 1.29 is 0 Å². The number of hydrogen-bond acceptors (Lipinski definition) is 1. The lowest BCUT2D eigenvalue weighted by atomic mass is 10.0. The third-order valence-electron chi connectivity index (χ3n) is 3.80. The fourth-order valence-electron chi connectivity index (χ4n) is 2.56. The van der Waals surface area contributed by atoms with Crippen LogP contribution in [-0.2, 0) is 12.8 Å². The molecule has 0 aliphatic rings. The third kappa shape index (κ3) is 4.21. The number of hydrogen-bond donors (Lipinski definition) is 0. The summed E-state index contributed by atoms with van der Waals surface area (Å²) in [6, 6.07) is 8.62. The smallest absolute Gasteiger partial charge is 0.0436 e. The second-order valence-corrected chi connectivity index (χ2v) is 5.90. The van der Waals surface area contributed by atoms with Crippen LogP contribution < -0.4 is 0 Å². The first-order valence-electron chi connectivity index (χ1n) is 8.21. The molecule has 1 heteroatoms. The van der Waals surface area contributed by atoms with Gasteiger partial charge in [0, 0.05) is 23.0 Å². The first-order chi connectivity index (χ1) is 10.6. The summed E-state index contributed by atoms with van der Waals surface area (Å²) in [4.78, 5) is 4.64. The van der Waals surface area contributed by atoms with Gasteiger partial charge in [-0.3, -0.25) is 4.98 Å². The highest BCUT2D eigenvalue weighted by atomic mass is 14.7. The van der Waals surface area contributed by atoms with E-state index in [0.717, 1.165) is 36.8 Å². The van der Waals surface area contributed by atoms with Gasteiger partial charge in [-0.1, -0.05) is 50.7 Å². The van der Waals surface area contributed by atoms with Crippen molar-refractivity contribution in [1.29, 1.82) is 0 Å². The topological polar surface area (TPSA) is 12.9 Å². The minimum atomic E-state index is 1.02. The number of aromatic nitrogens is 1. The number of pyridine rings is 1. The van der Waals surface area contributed by atoms with Crippen molar-refractivity contribution in [2.24, 2.45) is 0 Å². The van der Waals surface area contributed by atoms with Gasteiger partial charge in [-0.05, 0) is 55.5 Å². The molecular weight excluding hydrogens is 266 g/mol. The van der Waals surface area contributed by atoms with Crippen LogP contribution >= 0.6 is 0 Å². The van der Waals surface area contributed by atoms with Gasteiger partial charge in [0.25, 0.3) is 0 Å². The van der Waals surface area contributed by atoms with E-state index < -0.39 is 0 Å². The predicted molar refractivity (Wildman–Crippen MR) is 94.1 cm³/mol. The van der Waals surface area contributed by atoms with E-state index >= 15 is 0 Å². The average Bonchev–Trinajstić information content (AvgIpc) is 2.51. The Morgan fingerprint density at radius 2 is 1.73 bits per heavy atom. The summed E-state index contributed by atoms with van der Waals surface area (Å²) >= 11 is 0. The molecule has 0 unspecified atom stereocenters. The highest BCUT2D eigenvalue weighted by Crippen LogP contribution is 2.14. The number of nitrogens with zero attached hydrogens (tertiary/aromatic N) is 1. The van der Waals surface area contributed by atoms with Gasteiger partial charge in [-0.25, -0.2) is 0 Å². The van der Waals surface area contributed by atoms with Crippen LogP contribution in [0.5, 0.6) is 0 Å². The maximum Gasteiger partial charge on any atom is 0.0436 e.